The summed E-state index contributed by atoms with van der Waals surface area (Å²) in [6, 6.07) is 5.42. The Kier molecular flexibility index (Phi) is 5.10. The monoisotopic (exact) mass is 416 g/mol. The highest BCUT2D eigenvalue weighted by Crippen LogP contribution is 2.20. The number of aromatic nitrogens is 5. The number of ether oxygens (including phenoxy) is 1. The lowest BCUT2D eigenvalue weighted by Crippen LogP contribution is -2.49. The maximum atomic E-state index is 12.8. The molecule has 0 N–H and O–H groups in total. The van der Waals surface area contributed by atoms with E-state index in [1.54, 1.807) is 11.0 Å². The number of aryl methyl sites for hydroxylation is 1. The van der Waals surface area contributed by atoms with Gasteiger partial charge in [0.15, 0.2) is 11.2 Å². The van der Waals surface area contributed by atoms with Crippen LogP contribution in [-0.2, 0) is 16.1 Å². The maximum absolute atomic E-state index is 12.8. The predicted octanol–water partition coefficient (Wildman–Crippen LogP) is 1.57. The zero-order chi connectivity index (χ0) is 20.7. The van der Waals surface area contributed by atoms with Crippen molar-refractivity contribution in [1.29, 1.82) is 0 Å². The van der Waals surface area contributed by atoms with Crippen LogP contribution in [-0.4, -0.2) is 60.6 Å². The van der Waals surface area contributed by atoms with E-state index in [1.165, 1.54) is 15.6 Å². The summed E-state index contributed by atoms with van der Waals surface area (Å²) in [4.78, 5) is 31.5. The lowest BCUT2D eigenvalue weighted by molar-refractivity contribution is -0.143. The van der Waals surface area contributed by atoms with Gasteiger partial charge in [-0.15, -0.1) is 5.10 Å². The number of rotatable bonds is 3. The molecule has 3 heterocycles. The van der Waals surface area contributed by atoms with Crippen LogP contribution in [0.5, 0.6) is 0 Å². The van der Waals surface area contributed by atoms with E-state index in [1.807, 2.05) is 32.9 Å². The average Bonchev–Trinajstić information content (AvgIpc) is 3.10. The lowest BCUT2D eigenvalue weighted by atomic mass is 10.2. The number of fused-ring (bicyclic) bond motifs is 1. The minimum absolute atomic E-state index is 0.0405. The fourth-order valence-corrected chi connectivity index (χ4v) is 3.65. The van der Waals surface area contributed by atoms with Crippen molar-refractivity contribution in [3.05, 3.63) is 45.5 Å². The molecule has 1 saturated heterocycles. The lowest BCUT2D eigenvalue weighted by Gasteiger charge is -2.35. The van der Waals surface area contributed by atoms with Gasteiger partial charge in [0.1, 0.15) is 12.9 Å². The van der Waals surface area contributed by atoms with Crippen LogP contribution in [0.3, 0.4) is 0 Å². The second-order valence-electron chi connectivity index (χ2n) is 7.34. The second kappa shape index (κ2) is 7.57. The van der Waals surface area contributed by atoms with Gasteiger partial charge in [0.2, 0.25) is 5.91 Å². The Morgan fingerprint density at radius 2 is 2.00 bits per heavy atom. The fourth-order valence-electron chi connectivity index (χ4n) is 3.47. The highest BCUT2D eigenvalue weighted by atomic mass is 35.5. The Balaban J connectivity index is 1.63. The number of amides is 1. The molecule has 1 fully saturated rings. The molecule has 1 amide bonds. The molecule has 29 heavy (non-hydrogen) atoms. The molecule has 2 unspecified atom stereocenters. The van der Waals surface area contributed by atoms with Gasteiger partial charge in [0.05, 0.1) is 17.9 Å². The van der Waals surface area contributed by atoms with Crippen molar-refractivity contribution in [2.24, 2.45) is 0 Å². The van der Waals surface area contributed by atoms with E-state index in [2.05, 4.69) is 15.3 Å². The SMILES string of the molecule is Cc1ccc(-n2nnc3c(=O)n(CC(=O)N4CC(C)OC(C)C4)cnc32)cc1Cl. The number of carbonyl (C=O) groups excluding carboxylic acids is 1. The maximum Gasteiger partial charge on any atom is 0.284 e. The van der Waals surface area contributed by atoms with Gasteiger partial charge in [-0.3, -0.25) is 14.2 Å². The minimum atomic E-state index is -0.415. The molecule has 2 atom stereocenters. The highest BCUT2D eigenvalue weighted by molar-refractivity contribution is 6.31. The second-order valence-corrected chi connectivity index (χ2v) is 7.75. The van der Waals surface area contributed by atoms with Gasteiger partial charge in [-0.2, -0.15) is 4.68 Å². The molecule has 4 rings (SSSR count). The van der Waals surface area contributed by atoms with Crippen LogP contribution in [0.1, 0.15) is 19.4 Å². The number of halogens is 1. The molecule has 9 nitrogen and oxygen atoms in total. The number of nitrogens with zero attached hydrogens (tertiary/aromatic N) is 6. The molecule has 1 aromatic carbocycles. The third kappa shape index (κ3) is 3.75. The molecule has 0 bridgehead atoms. The molecule has 2 aromatic heterocycles. The number of hydrogen-bond acceptors (Lipinski definition) is 6. The molecule has 0 spiro atoms. The van der Waals surface area contributed by atoms with Crippen molar-refractivity contribution in [3.63, 3.8) is 0 Å². The van der Waals surface area contributed by atoms with Gasteiger partial charge < -0.3 is 9.64 Å². The van der Waals surface area contributed by atoms with E-state index < -0.39 is 5.56 Å². The summed E-state index contributed by atoms with van der Waals surface area (Å²) >= 11 is 6.19. The van der Waals surface area contributed by atoms with Crippen molar-refractivity contribution in [2.75, 3.05) is 13.1 Å². The Bertz CT molecular complexity index is 1130. The molecule has 152 valence electrons. The van der Waals surface area contributed by atoms with Gasteiger partial charge in [0.25, 0.3) is 5.56 Å². The van der Waals surface area contributed by atoms with Crippen LogP contribution in [0.2, 0.25) is 5.02 Å². The fraction of sp³-hybridized carbons (Fsp3) is 0.421. The Morgan fingerprint density at radius 3 is 2.69 bits per heavy atom. The highest BCUT2D eigenvalue weighted by Gasteiger charge is 2.26. The first kappa shape index (κ1) is 19.5. The summed E-state index contributed by atoms with van der Waals surface area (Å²) in [5.41, 5.74) is 1.58. The third-order valence-corrected chi connectivity index (χ3v) is 5.31. The van der Waals surface area contributed by atoms with Gasteiger partial charge in [-0.25, -0.2) is 4.98 Å². The van der Waals surface area contributed by atoms with Crippen LogP contribution < -0.4 is 5.56 Å². The molecule has 1 aliphatic rings. The van der Waals surface area contributed by atoms with E-state index in [9.17, 15) is 9.59 Å². The van der Waals surface area contributed by atoms with E-state index >= 15 is 0 Å². The Hall–Kier alpha value is -2.78. The van der Waals surface area contributed by atoms with Crippen molar-refractivity contribution in [1.82, 2.24) is 29.4 Å². The topological polar surface area (TPSA) is 95.1 Å². The molecule has 0 radical (unpaired) electrons. The third-order valence-electron chi connectivity index (χ3n) is 4.91. The molecule has 10 heteroatoms. The van der Waals surface area contributed by atoms with Crippen molar-refractivity contribution in [3.8, 4) is 5.69 Å². The summed E-state index contributed by atoms with van der Waals surface area (Å²) in [5.74, 6) is -0.159. The largest absolute Gasteiger partial charge is 0.372 e. The van der Waals surface area contributed by atoms with Crippen molar-refractivity contribution in [2.45, 2.75) is 39.5 Å². The van der Waals surface area contributed by atoms with Crippen molar-refractivity contribution < 1.29 is 9.53 Å². The normalized spacial score (nSPS) is 19.7. The number of benzene rings is 1. The minimum Gasteiger partial charge on any atom is -0.372 e. The van der Waals surface area contributed by atoms with Gasteiger partial charge in [-0.05, 0) is 38.5 Å². The summed E-state index contributed by atoms with van der Waals surface area (Å²) < 4.78 is 8.37. The van der Waals surface area contributed by atoms with E-state index in [-0.39, 0.29) is 30.2 Å². The van der Waals surface area contributed by atoms with Gasteiger partial charge in [-0.1, -0.05) is 22.9 Å². The summed E-state index contributed by atoms with van der Waals surface area (Å²) in [5, 5.41) is 8.61. The van der Waals surface area contributed by atoms with Crippen LogP contribution in [0.15, 0.2) is 29.3 Å². The smallest absolute Gasteiger partial charge is 0.284 e. The predicted molar refractivity (Wildman–Crippen MR) is 107 cm³/mol. The molecular formula is C19H21ClN6O3. The van der Waals surface area contributed by atoms with Crippen LogP contribution in [0, 0.1) is 6.92 Å². The summed E-state index contributed by atoms with van der Waals surface area (Å²) in [6.45, 7) is 6.63. The zero-order valence-electron chi connectivity index (χ0n) is 16.4. The Morgan fingerprint density at radius 1 is 1.28 bits per heavy atom. The van der Waals surface area contributed by atoms with E-state index in [0.717, 1.165) is 5.56 Å². The van der Waals surface area contributed by atoms with Crippen molar-refractivity contribution >= 4 is 28.7 Å². The first-order chi connectivity index (χ1) is 13.8. The quantitative estimate of drug-likeness (QED) is 0.643. The number of hydrogen-bond donors (Lipinski definition) is 0. The van der Waals surface area contributed by atoms with Crippen LogP contribution >= 0.6 is 11.6 Å². The molecule has 0 saturated carbocycles. The molecule has 3 aromatic rings. The molecular weight excluding hydrogens is 396 g/mol. The first-order valence-corrected chi connectivity index (χ1v) is 9.72. The summed E-state index contributed by atoms with van der Waals surface area (Å²) in [6.07, 6.45) is 1.27. The zero-order valence-corrected chi connectivity index (χ0v) is 17.1. The van der Waals surface area contributed by atoms with Crippen LogP contribution in [0.4, 0.5) is 0 Å². The van der Waals surface area contributed by atoms with Gasteiger partial charge in [0, 0.05) is 18.1 Å². The first-order valence-electron chi connectivity index (χ1n) is 9.34. The molecule has 0 aliphatic carbocycles. The molecule has 1 aliphatic heterocycles. The van der Waals surface area contributed by atoms with E-state index in [4.69, 9.17) is 16.3 Å². The average molecular weight is 417 g/mol. The summed E-state index contributed by atoms with van der Waals surface area (Å²) in [7, 11) is 0. The number of carbonyl (C=O) groups is 1. The van der Waals surface area contributed by atoms with E-state index in [0.29, 0.717) is 29.4 Å². The number of morpholine rings is 1. The van der Waals surface area contributed by atoms with Crippen LogP contribution in [0.25, 0.3) is 16.9 Å². The van der Waals surface area contributed by atoms with Gasteiger partial charge >= 0.3 is 0 Å². The Labute approximate surface area is 171 Å². The standard InChI is InChI=1S/C19H21ClN6O3/c1-11-4-5-14(6-15(11)20)26-18-17(22-23-26)19(28)25(10-21-18)9-16(27)24-7-12(2)29-13(3)8-24/h4-6,10,12-13H,7-9H2,1-3H3.